The summed E-state index contributed by atoms with van der Waals surface area (Å²) in [4.78, 5) is 46.7. The van der Waals surface area contributed by atoms with Gasteiger partial charge in [0, 0.05) is 19.5 Å². The molecule has 1 N–H and O–H groups in total. The molecule has 0 radical (unpaired) electrons. The molecule has 0 aromatic carbocycles. The second-order valence-corrected chi connectivity index (χ2v) is 9.78. The third-order valence-electron chi connectivity index (χ3n) is 5.06. The Kier molecular flexibility index (Phi) is 6.47. The molecule has 0 saturated heterocycles. The Labute approximate surface area is 179 Å². The van der Waals surface area contributed by atoms with Crippen LogP contribution in [0, 0.1) is 17.2 Å². The van der Waals surface area contributed by atoms with E-state index in [0.717, 1.165) is 16.3 Å². The Hall–Kier alpha value is -2.67. The molecule has 10 heteroatoms. The van der Waals surface area contributed by atoms with E-state index in [4.69, 9.17) is 0 Å². The van der Waals surface area contributed by atoms with E-state index in [2.05, 4.69) is 21.4 Å². The Morgan fingerprint density at radius 3 is 2.27 bits per heavy atom. The number of aromatic nitrogens is 4. The van der Waals surface area contributed by atoms with E-state index in [1.54, 1.807) is 14.0 Å². The first-order valence-corrected chi connectivity index (χ1v) is 10.5. The molecule has 2 aromatic heterocycles. The summed E-state index contributed by atoms with van der Waals surface area (Å²) in [6.07, 6.45) is 0. The number of hydrogen-bond acceptors (Lipinski definition) is 7. The molecular weight excluding hydrogens is 404 g/mol. The number of nitrogens with zero attached hydrogens (tertiary/aromatic N) is 5. The third-order valence-corrected chi connectivity index (χ3v) is 6.04. The smallest absolute Gasteiger partial charge is 0.332 e. The van der Waals surface area contributed by atoms with Crippen LogP contribution in [0.5, 0.6) is 0 Å². The van der Waals surface area contributed by atoms with Crippen molar-refractivity contribution in [3.63, 3.8) is 0 Å². The van der Waals surface area contributed by atoms with Gasteiger partial charge in [-0.2, -0.15) is 5.26 Å². The maximum absolute atomic E-state index is 12.8. The van der Waals surface area contributed by atoms with E-state index in [9.17, 15) is 19.6 Å². The number of fused-ring (bicyclic) bond motifs is 1. The Balaban J connectivity index is 2.55. The monoisotopic (exact) mass is 432 g/mol. The molecule has 162 valence electrons. The number of carbonyl (C=O) groups is 1. The highest BCUT2D eigenvalue weighted by Crippen LogP contribution is 2.27. The molecule has 30 heavy (non-hydrogen) atoms. The second kappa shape index (κ2) is 8.22. The first-order valence-electron chi connectivity index (χ1n) is 9.56. The van der Waals surface area contributed by atoms with Crippen LogP contribution >= 0.6 is 11.8 Å². The molecule has 0 aliphatic rings. The molecule has 0 saturated carbocycles. The molecule has 0 aliphatic carbocycles. The van der Waals surface area contributed by atoms with E-state index in [0.29, 0.717) is 10.9 Å². The molecular formula is C20H28N6O3S. The highest BCUT2D eigenvalue weighted by Gasteiger charge is 2.30. The number of carbonyl (C=O) groups excluding carboxylic acids is 1. The van der Waals surface area contributed by atoms with Gasteiger partial charge in [-0.3, -0.25) is 18.7 Å². The lowest BCUT2D eigenvalue weighted by Gasteiger charge is -2.27. The van der Waals surface area contributed by atoms with Crippen molar-refractivity contribution >= 4 is 28.7 Å². The minimum atomic E-state index is -0.998. The first-order chi connectivity index (χ1) is 13.7. The quantitative estimate of drug-likeness (QED) is 0.561. The van der Waals surface area contributed by atoms with Crippen LogP contribution in [0.3, 0.4) is 0 Å². The zero-order valence-corrected chi connectivity index (χ0v) is 19.5. The first kappa shape index (κ1) is 23.6. The minimum absolute atomic E-state index is 0.0360. The summed E-state index contributed by atoms with van der Waals surface area (Å²) in [5.41, 5.74) is -2.20. The normalized spacial score (nSPS) is 13.9. The van der Waals surface area contributed by atoms with Gasteiger partial charge in [0.25, 0.3) is 5.56 Å². The zero-order valence-electron chi connectivity index (χ0n) is 18.7. The topological polar surface area (TPSA) is 123 Å². The van der Waals surface area contributed by atoms with Gasteiger partial charge in [0.05, 0.1) is 11.8 Å². The summed E-state index contributed by atoms with van der Waals surface area (Å²) in [6, 6.07) is 2.14. The van der Waals surface area contributed by atoms with Gasteiger partial charge in [0.15, 0.2) is 5.65 Å². The van der Waals surface area contributed by atoms with Crippen molar-refractivity contribution in [1.82, 2.24) is 24.4 Å². The standard InChI is InChI=1S/C20H28N6O3S/c1-11(2)20(6,10-21)24-12(27)9-30-15-13-14(22-17(23-15)19(3,4)5)25(7)18(29)26(8)16(13)28/h11H,9H2,1-8H3,(H,24,27). The van der Waals surface area contributed by atoms with Crippen molar-refractivity contribution < 1.29 is 4.79 Å². The van der Waals surface area contributed by atoms with Crippen molar-refractivity contribution in [1.29, 1.82) is 5.26 Å². The molecule has 0 bridgehead atoms. The molecule has 0 aliphatic heterocycles. The zero-order chi connectivity index (χ0) is 23.0. The number of aryl methyl sites for hydroxylation is 1. The Morgan fingerprint density at radius 1 is 1.17 bits per heavy atom. The molecule has 0 spiro atoms. The van der Waals surface area contributed by atoms with E-state index in [1.807, 2.05) is 34.6 Å². The van der Waals surface area contributed by atoms with Gasteiger partial charge >= 0.3 is 5.69 Å². The number of nitrogens with one attached hydrogen (secondary N) is 1. The van der Waals surface area contributed by atoms with Crippen molar-refractivity contribution in [3.8, 4) is 6.07 Å². The summed E-state index contributed by atoms with van der Waals surface area (Å²) in [5, 5.41) is 12.7. The van der Waals surface area contributed by atoms with Gasteiger partial charge in [-0.1, -0.05) is 46.4 Å². The molecule has 1 amide bonds. The van der Waals surface area contributed by atoms with E-state index >= 15 is 0 Å². The lowest BCUT2D eigenvalue weighted by atomic mass is 9.90. The molecule has 1 atom stereocenters. The number of rotatable bonds is 5. The average molecular weight is 433 g/mol. The van der Waals surface area contributed by atoms with Gasteiger partial charge in [-0.15, -0.1) is 0 Å². The van der Waals surface area contributed by atoms with Crippen LogP contribution in [0.15, 0.2) is 14.6 Å². The van der Waals surface area contributed by atoms with Crippen LogP contribution in [0.25, 0.3) is 11.0 Å². The highest BCUT2D eigenvalue weighted by molar-refractivity contribution is 8.00. The lowest BCUT2D eigenvalue weighted by molar-refractivity contribution is -0.120. The van der Waals surface area contributed by atoms with Crippen LogP contribution in [-0.4, -0.2) is 36.3 Å². The molecule has 2 aromatic rings. The average Bonchev–Trinajstić information content (AvgIpc) is 2.67. The van der Waals surface area contributed by atoms with Gasteiger partial charge in [0.2, 0.25) is 5.91 Å². The number of amides is 1. The molecule has 9 nitrogen and oxygen atoms in total. The molecule has 1 unspecified atom stereocenters. The SMILES string of the molecule is CC(C)C(C)(C#N)NC(=O)CSc1nc(C(C)(C)C)nc2c1c(=O)n(C)c(=O)n2C. The van der Waals surface area contributed by atoms with Crippen molar-refractivity contribution in [2.75, 3.05) is 5.75 Å². The summed E-state index contributed by atoms with van der Waals surface area (Å²) in [5.74, 6) is 0.00500. The molecule has 2 heterocycles. The largest absolute Gasteiger partial charge is 0.337 e. The lowest BCUT2D eigenvalue weighted by Crippen LogP contribution is -2.49. The number of thioether (sulfide) groups is 1. The van der Waals surface area contributed by atoms with Crippen LogP contribution in [0.4, 0.5) is 0 Å². The van der Waals surface area contributed by atoms with Crippen LogP contribution < -0.4 is 16.6 Å². The van der Waals surface area contributed by atoms with Crippen molar-refractivity contribution in [2.45, 2.75) is 57.5 Å². The van der Waals surface area contributed by atoms with E-state index in [-0.39, 0.29) is 28.6 Å². The fourth-order valence-electron chi connectivity index (χ4n) is 2.63. The van der Waals surface area contributed by atoms with Crippen LogP contribution in [0.1, 0.15) is 47.4 Å². The Morgan fingerprint density at radius 2 is 1.77 bits per heavy atom. The fraction of sp³-hybridized carbons (Fsp3) is 0.600. The minimum Gasteiger partial charge on any atom is -0.337 e. The van der Waals surface area contributed by atoms with Crippen LogP contribution in [0.2, 0.25) is 0 Å². The summed E-state index contributed by atoms with van der Waals surface area (Å²) >= 11 is 1.09. The second-order valence-electron chi connectivity index (χ2n) is 8.81. The van der Waals surface area contributed by atoms with Crippen LogP contribution in [-0.2, 0) is 24.3 Å². The van der Waals surface area contributed by atoms with Gasteiger partial charge in [0.1, 0.15) is 21.8 Å². The van der Waals surface area contributed by atoms with Crippen molar-refractivity contribution in [2.24, 2.45) is 20.0 Å². The van der Waals surface area contributed by atoms with Gasteiger partial charge in [-0.25, -0.2) is 14.8 Å². The van der Waals surface area contributed by atoms with E-state index in [1.165, 1.54) is 11.6 Å². The predicted molar refractivity (Wildman–Crippen MR) is 116 cm³/mol. The van der Waals surface area contributed by atoms with E-state index < -0.39 is 22.2 Å². The fourth-order valence-corrected chi connectivity index (χ4v) is 3.44. The van der Waals surface area contributed by atoms with Gasteiger partial charge < -0.3 is 5.32 Å². The highest BCUT2D eigenvalue weighted by atomic mass is 32.2. The van der Waals surface area contributed by atoms with Gasteiger partial charge in [-0.05, 0) is 12.8 Å². The molecule has 0 fully saturated rings. The Bertz CT molecular complexity index is 1150. The summed E-state index contributed by atoms with van der Waals surface area (Å²) < 4.78 is 2.31. The maximum Gasteiger partial charge on any atom is 0.332 e. The molecule has 2 rings (SSSR count). The maximum atomic E-state index is 12.8. The number of hydrogen-bond donors (Lipinski definition) is 1. The van der Waals surface area contributed by atoms with Crippen molar-refractivity contribution in [3.05, 3.63) is 26.7 Å². The predicted octanol–water partition coefficient (Wildman–Crippen LogP) is 1.47. The summed E-state index contributed by atoms with van der Waals surface area (Å²) in [6.45, 7) is 11.2. The number of nitriles is 1. The third kappa shape index (κ3) is 4.41. The summed E-state index contributed by atoms with van der Waals surface area (Å²) in [7, 11) is 2.94.